The maximum atomic E-state index is 12.4. The summed E-state index contributed by atoms with van der Waals surface area (Å²) in [5.74, 6) is -2.06. The van der Waals surface area contributed by atoms with Crippen LogP contribution in [-0.4, -0.2) is 46.9 Å². The first-order chi connectivity index (χ1) is 10.9. The van der Waals surface area contributed by atoms with Gasteiger partial charge in [-0.15, -0.1) is 0 Å². The molecule has 124 valence electrons. The van der Waals surface area contributed by atoms with E-state index >= 15 is 0 Å². The number of hydrogen-bond acceptors (Lipinski definition) is 3. The molecule has 7 heteroatoms. The number of carbonyl (C=O) groups is 3. The molecule has 0 spiro atoms. The third-order valence-corrected chi connectivity index (χ3v) is 4.16. The molecule has 0 radical (unpaired) electrons. The van der Waals surface area contributed by atoms with Crippen molar-refractivity contribution in [2.24, 2.45) is 5.92 Å². The van der Waals surface area contributed by atoms with Gasteiger partial charge >= 0.3 is 5.97 Å². The van der Waals surface area contributed by atoms with E-state index in [1.165, 1.54) is 4.90 Å². The van der Waals surface area contributed by atoms with Crippen molar-refractivity contribution < 1.29 is 19.5 Å². The second-order valence-corrected chi connectivity index (χ2v) is 6.10. The molecular weight excluding hydrogens is 320 g/mol. The Bertz CT molecular complexity index is 603. The Kier molecular flexibility index (Phi) is 5.60. The molecule has 1 aliphatic heterocycles. The van der Waals surface area contributed by atoms with Crippen LogP contribution in [0.2, 0.25) is 5.02 Å². The van der Waals surface area contributed by atoms with Crippen molar-refractivity contribution in [3.63, 3.8) is 0 Å². The molecule has 0 aromatic heterocycles. The molecule has 1 aromatic carbocycles. The van der Waals surface area contributed by atoms with Gasteiger partial charge < -0.3 is 15.3 Å². The van der Waals surface area contributed by atoms with E-state index in [0.29, 0.717) is 30.0 Å². The number of piperidine rings is 1. The van der Waals surface area contributed by atoms with E-state index in [-0.39, 0.29) is 18.4 Å². The number of benzene rings is 1. The quantitative estimate of drug-likeness (QED) is 0.876. The van der Waals surface area contributed by atoms with E-state index in [1.54, 1.807) is 31.2 Å². The standard InChI is InChI=1S/C16H19ClN2O4/c1-10(18-14(20)11-4-6-13(17)7-5-11)15(21)19-8-2-3-12(9-19)16(22)23/h4-7,10,12H,2-3,8-9H2,1H3,(H,18,20)(H,22,23). The van der Waals surface area contributed by atoms with Crippen molar-refractivity contribution >= 4 is 29.4 Å². The Morgan fingerprint density at radius 3 is 2.57 bits per heavy atom. The second-order valence-electron chi connectivity index (χ2n) is 5.66. The molecule has 2 unspecified atom stereocenters. The molecule has 1 fully saturated rings. The number of carboxylic acid groups (broad SMARTS) is 1. The summed E-state index contributed by atoms with van der Waals surface area (Å²) in [6.07, 6.45) is 1.23. The topological polar surface area (TPSA) is 86.7 Å². The highest BCUT2D eigenvalue weighted by atomic mass is 35.5. The van der Waals surface area contributed by atoms with Gasteiger partial charge in [0.1, 0.15) is 6.04 Å². The zero-order valence-electron chi connectivity index (χ0n) is 12.8. The number of rotatable bonds is 4. The van der Waals surface area contributed by atoms with Crippen LogP contribution >= 0.6 is 11.6 Å². The van der Waals surface area contributed by atoms with Crippen molar-refractivity contribution in [1.82, 2.24) is 10.2 Å². The number of nitrogens with one attached hydrogen (secondary N) is 1. The van der Waals surface area contributed by atoms with Crippen LogP contribution in [0.3, 0.4) is 0 Å². The number of aliphatic carboxylic acids is 1. The Balaban J connectivity index is 1.95. The van der Waals surface area contributed by atoms with Gasteiger partial charge in [-0.2, -0.15) is 0 Å². The normalized spacial score (nSPS) is 19.0. The molecule has 23 heavy (non-hydrogen) atoms. The van der Waals surface area contributed by atoms with Crippen molar-refractivity contribution in [1.29, 1.82) is 0 Å². The van der Waals surface area contributed by atoms with Crippen LogP contribution in [0.15, 0.2) is 24.3 Å². The van der Waals surface area contributed by atoms with E-state index < -0.39 is 17.9 Å². The lowest BCUT2D eigenvalue weighted by atomic mass is 9.98. The van der Waals surface area contributed by atoms with Gasteiger partial charge in [0.15, 0.2) is 0 Å². The molecule has 0 saturated carbocycles. The van der Waals surface area contributed by atoms with Gasteiger partial charge in [0, 0.05) is 23.7 Å². The molecule has 2 rings (SSSR count). The van der Waals surface area contributed by atoms with Gasteiger partial charge in [0.25, 0.3) is 5.91 Å². The third kappa shape index (κ3) is 4.45. The van der Waals surface area contributed by atoms with E-state index in [2.05, 4.69) is 5.32 Å². The fraction of sp³-hybridized carbons (Fsp3) is 0.438. The molecule has 1 aliphatic rings. The number of likely N-dealkylation sites (tertiary alicyclic amines) is 1. The fourth-order valence-corrected chi connectivity index (χ4v) is 2.72. The van der Waals surface area contributed by atoms with Crippen LogP contribution in [0.1, 0.15) is 30.1 Å². The van der Waals surface area contributed by atoms with Crippen LogP contribution in [0.4, 0.5) is 0 Å². The molecule has 2 N–H and O–H groups in total. The van der Waals surface area contributed by atoms with Gasteiger partial charge in [0.05, 0.1) is 5.92 Å². The van der Waals surface area contributed by atoms with E-state index in [0.717, 1.165) is 0 Å². The lowest BCUT2D eigenvalue weighted by Crippen LogP contribution is -2.50. The lowest BCUT2D eigenvalue weighted by Gasteiger charge is -2.32. The first kappa shape index (κ1) is 17.3. The lowest BCUT2D eigenvalue weighted by molar-refractivity contribution is -0.146. The monoisotopic (exact) mass is 338 g/mol. The van der Waals surface area contributed by atoms with Crippen molar-refractivity contribution in [2.75, 3.05) is 13.1 Å². The van der Waals surface area contributed by atoms with E-state index in [1.807, 2.05) is 0 Å². The molecule has 1 heterocycles. The summed E-state index contributed by atoms with van der Waals surface area (Å²) in [6, 6.07) is 5.65. The average molecular weight is 339 g/mol. The maximum absolute atomic E-state index is 12.4. The highest BCUT2D eigenvalue weighted by Gasteiger charge is 2.30. The molecule has 0 bridgehead atoms. The van der Waals surface area contributed by atoms with Gasteiger partial charge in [-0.1, -0.05) is 11.6 Å². The summed E-state index contributed by atoms with van der Waals surface area (Å²) in [5, 5.41) is 12.2. The Morgan fingerprint density at radius 2 is 1.96 bits per heavy atom. The van der Waals surface area contributed by atoms with Crippen LogP contribution < -0.4 is 5.32 Å². The molecule has 2 amide bonds. The number of carbonyl (C=O) groups excluding carboxylic acids is 2. The van der Waals surface area contributed by atoms with Crippen LogP contribution in [0.25, 0.3) is 0 Å². The highest BCUT2D eigenvalue weighted by molar-refractivity contribution is 6.30. The zero-order valence-corrected chi connectivity index (χ0v) is 13.5. The van der Waals surface area contributed by atoms with E-state index in [9.17, 15) is 14.4 Å². The summed E-state index contributed by atoms with van der Waals surface area (Å²) in [4.78, 5) is 37.1. The number of amides is 2. The SMILES string of the molecule is CC(NC(=O)c1ccc(Cl)cc1)C(=O)N1CCCC(C(=O)O)C1. The van der Waals surface area contributed by atoms with Gasteiger partial charge in [-0.25, -0.2) is 0 Å². The molecule has 0 aliphatic carbocycles. The Labute approximate surface area is 139 Å². The minimum Gasteiger partial charge on any atom is -0.481 e. The van der Waals surface area contributed by atoms with Crippen molar-refractivity contribution in [2.45, 2.75) is 25.8 Å². The van der Waals surface area contributed by atoms with Gasteiger partial charge in [-0.05, 0) is 44.0 Å². The maximum Gasteiger partial charge on any atom is 0.308 e. The molecular formula is C16H19ClN2O4. The molecule has 1 saturated heterocycles. The zero-order chi connectivity index (χ0) is 17.0. The van der Waals surface area contributed by atoms with Crippen LogP contribution in [0.5, 0.6) is 0 Å². The predicted octanol–water partition coefficient (Wildman–Crippen LogP) is 1.78. The smallest absolute Gasteiger partial charge is 0.308 e. The van der Waals surface area contributed by atoms with Crippen molar-refractivity contribution in [3.8, 4) is 0 Å². The summed E-state index contributed by atoms with van der Waals surface area (Å²) in [6.45, 7) is 2.31. The highest BCUT2D eigenvalue weighted by Crippen LogP contribution is 2.17. The number of carboxylic acids is 1. The first-order valence-corrected chi connectivity index (χ1v) is 7.84. The predicted molar refractivity (Wildman–Crippen MR) is 85.3 cm³/mol. The largest absolute Gasteiger partial charge is 0.481 e. The van der Waals surface area contributed by atoms with Gasteiger partial charge in [0.2, 0.25) is 5.91 Å². The number of hydrogen-bond donors (Lipinski definition) is 2. The molecule has 1 aromatic rings. The Morgan fingerprint density at radius 1 is 1.30 bits per heavy atom. The van der Waals surface area contributed by atoms with E-state index in [4.69, 9.17) is 16.7 Å². The number of halogens is 1. The Hall–Kier alpha value is -2.08. The minimum atomic E-state index is -0.889. The summed E-state index contributed by atoms with van der Waals surface area (Å²) in [7, 11) is 0. The van der Waals surface area contributed by atoms with Crippen LogP contribution in [0, 0.1) is 5.92 Å². The minimum absolute atomic E-state index is 0.190. The summed E-state index contributed by atoms with van der Waals surface area (Å²) in [5.41, 5.74) is 0.413. The first-order valence-electron chi connectivity index (χ1n) is 7.46. The second kappa shape index (κ2) is 7.46. The number of nitrogens with zero attached hydrogens (tertiary/aromatic N) is 1. The molecule has 2 atom stereocenters. The van der Waals surface area contributed by atoms with Crippen molar-refractivity contribution in [3.05, 3.63) is 34.9 Å². The van der Waals surface area contributed by atoms with Gasteiger partial charge in [-0.3, -0.25) is 14.4 Å². The van der Waals surface area contributed by atoms with Crippen LogP contribution in [-0.2, 0) is 9.59 Å². The summed E-state index contributed by atoms with van der Waals surface area (Å²) < 4.78 is 0. The third-order valence-electron chi connectivity index (χ3n) is 3.91. The molecule has 6 nitrogen and oxygen atoms in total. The average Bonchev–Trinajstić information content (AvgIpc) is 2.54. The fourth-order valence-electron chi connectivity index (χ4n) is 2.60. The summed E-state index contributed by atoms with van der Waals surface area (Å²) >= 11 is 5.77.